The number of fused-ring (bicyclic) bond motifs is 1. The van der Waals surface area contributed by atoms with Crippen LogP contribution in [0.15, 0.2) is 24.3 Å². The maximum atomic E-state index is 12.7. The molecule has 3 heteroatoms. The Morgan fingerprint density at radius 2 is 1.84 bits per heavy atom. The first kappa shape index (κ1) is 12.5. The van der Waals surface area contributed by atoms with Crippen molar-refractivity contribution in [1.82, 2.24) is 4.90 Å². The maximum absolute atomic E-state index is 12.7. The fourth-order valence-electron chi connectivity index (χ4n) is 3.21. The lowest BCUT2D eigenvalue weighted by Gasteiger charge is -2.35. The van der Waals surface area contributed by atoms with Gasteiger partial charge in [-0.3, -0.25) is 4.90 Å². The van der Waals surface area contributed by atoms with Gasteiger partial charge in [-0.2, -0.15) is 0 Å². The van der Waals surface area contributed by atoms with Gasteiger partial charge in [0.2, 0.25) is 0 Å². The molecular weight excluding hydrogens is 236 g/mol. The van der Waals surface area contributed by atoms with E-state index in [1.54, 1.807) is 0 Å². The molecule has 1 atom stereocenters. The summed E-state index contributed by atoms with van der Waals surface area (Å²) in [4.78, 5) is 16.7. The summed E-state index contributed by atoms with van der Waals surface area (Å²) < 4.78 is 0. The van der Waals surface area contributed by atoms with Crippen molar-refractivity contribution in [3.05, 3.63) is 29.8 Å². The molecule has 0 saturated carbocycles. The minimum atomic E-state index is 0.198. The number of hydrogen-bond donors (Lipinski definition) is 0. The summed E-state index contributed by atoms with van der Waals surface area (Å²) in [6.07, 6.45) is 3.25. The monoisotopic (exact) mass is 258 g/mol. The van der Waals surface area contributed by atoms with Crippen LogP contribution in [0.5, 0.6) is 0 Å². The van der Waals surface area contributed by atoms with Crippen LogP contribution in [0.25, 0.3) is 0 Å². The Kier molecular flexibility index (Phi) is 3.21. The number of para-hydroxylation sites is 1. The van der Waals surface area contributed by atoms with E-state index in [9.17, 15) is 4.79 Å². The number of likely N-dealkylation sites (tertiary alicyclic amines) is 1. The smallest absolute Gasteiger partial charge is 0.324 e. The van der Waals surface area contributed by atoms with Gasteiger partial charge in [-0.25, -0.2) is 4.79 Å². The number of hydrogen-bond acceptors (Lipinski definition) is 1. The molecule has 1 aromatic rings. The summed E-state index contributed by atoms with van der Waals surface area (Å²) in [5.41, 5.74) is 2.41. The van der Waals surface area contributed by atoms with Crippen LogP contribution in [-0.4, -0.2) is 30.1 Å². The lowest BCUT2D eigenvalue weighted by Crippen LogP contribution is -2.48. The Hall–Kier alpha value is -1.51. The summed E-state index contributed by atoms with van der Waals surface area (Å²) >= 11 is 0. The molecule has 1 fully saturated rings. The number of amides is 2. The molecule has 0 bridgehead atoms. The van der Waals surface area contributed by atoms with E-state index in [1.807, 2.05) is 15.9 Å². The zero-order valence-corrected chi connectivity index (χ0v) is 11.8. The van der Waals surface area contributed by atoms with Crippen LogP contribution in [-0.2, 0) is 6.42 Å². The molecule has 3 rings (SSSR count). The normalized spacial score (nSPS) is 23.6. The van der Waals surface area contributed by atoms with E-state index < -0.39 is 0 Å². The summed E-state index contributed by atoms with van der Waals surface area (Å²) in [6.45, 7) is 6.23. The number of rotatable bonds is 0. The van der Waals surface area contributed by atoms with Crippen LogP contribution in [0, 0.1) is 5.92 Å². The van der Waals surface area contributed by atoms with Gasteiger partial charge in [-0.1, -0.05) is 25.1 Å². The van der Waals surface area contributed by atoms with E-state index in [0.29, 0.717) is 0 Å². The number of urea groups is 1. The minimum absolute atomic E-state index is 0.198. The molecule has 2 heterocycles. The molecule has 0 radical (unpaired) electrons. The molecule has 102 valence electrons. The zero-order chi connectivity index (χ0) is 13.4. The second-order valence-electron chi connectivity index (χ2n) is 6.00. The Morgan fingerprint density at radius 1 is 1.16 bits per heavy atom. The quantitative estimate of drug-likeness (QED) is 0.700. The first-order chi connectivity index (χ1) is 9.16. The Bertz CT molecular complexity index is 477. The molecule has 1 saturated heterocycles. The summed E-state index contributed by atoms with van der Waals surface area (Å²) in [5.74, 6) is 0.757. The van der Waals surface area contributed by atoms with E-state index in [-0.39, 0.29) is 12.1 Å². The van der Waals surface area contributed by atoms with Crippen molar-refractivity contribution in [3.63, 3.8) is 0 Å². The molecular formula is C16H22N2O. The average Bonchev–Trinajstić information content (AvgIpc) is 2.74. The van der Waals surface area contributed by atoms with Crippen LogP contribution in [0.1, 0.15) is 32.3 Å². The SMILES string of the molecule is CC1CCN(C(=O)N2c3ccccc3CC2C)CC1. The van der Waals surface area contributed by atoms with Gasteiger partial charge in [0, 0.05) is 24.8 Å². The average molecular weight is 258 g/mol. The Balaban J connectivity index is 1.80. The van der Waals surface area contributed by atoms with Crippen molar-refractivity contribution in [1.29, 1.82) is 0 Å². The first-order valence-electron chi connectivity index (χ1n) is 7.33. The summed E-state index contributed by atoms with van der Waals surface area (Å²) in [7, 11) is 0. The highest BCUT2D eigenvalue weighted by molar-refractivity contribution is 5.95. The van der Waals surface area contributed by atoms with E-state index in [1.165, 1.54) is 5.56 Å². The molecule has 0 aromatic heterocycles. The lowest BCUT2D eigenvalue weighted by atomic mass is 9.99. The third kappa shape index (κ3) is 2.22. The van der Waals surface area contributed by atoms with Gasteiger partial charge in [-0.15, -0.1) is 0 Å². The van der Waals surface area contributed by atoms with Gasteiger partial charge in [0.15, 0.2) is 0 Å². The predicted octanol–water partition coefficient (Wildman–Crippen LogP) is 3.29. The molecule has 2 amide bonds. The van der Waals surface area contributed by atoms with Gasteiger partial charge < -0.3 is 4.90 Å². The van der Waals surface area contributed by atoms with Gasteiger partial charge in [-0.05, 0) is 43.7 Å². The fraction of sp³-hybridized carbons (Fsp3) is 0.562. The molecule has 1 aromatic carbocycles. The van der Waals surface area contributed by atoms with Crippen molar-refractivity contribution in [2.45, 2.75) is 39.2 Å². The van der Waals surface area contributed by atoms with E-state index >= 15 is 0 Å². The van der Waals surface area contributed by atoms with E-state index in [0.717, 1.165) is 44.0 Å². The molecule has 0 spiro atoms. The zero-order valence-electron chi connectivity index (χ0n) is 11.8. The van der Waals surface area contributed by atoms with Gasteiger partial charge in [0.25, 0.3) is 0 Å². The first-order valence-corrected chi connectivity index (χ1v) is 7.33. The molecule has 0 aliphatic carbocycles. The molecule has 3 nitrogen and oxygen atoms in total. The summed E-state index contributed by atoms with van der Waals surface area (Å²) in [6, 6.07) is 8.77. The molecule has 2 aliphatic heterocycles. The number of carbonyl (C=O) groups is 1. The van der Waals surface area contributed by atoms with Crippen LogP contribution < -0.4 is 4.90 Å². The Labute approximate surface area is 115 Å². The maximum Gasteiger partial charge on any atom is 0.324 e. The predicted molar refractivity (Wildman–Crippen MR) is 77.5 cm³/mol. The van der Waals surface area contributed by atoms with Crippen molar-refractivity contribution < 1.29 is 4.79 Å². The highest BCUT2D eigenvalue weighted by Crippen LogP contribution is 2.33. The van der Waals surface area contributed by atoms with Crippen molar-refractivity contribution >= 4 is 11.7 Å². The van der Waals surface area contributed by atoms with Crippen LogP contribution in [0.3, 0.4) is 0 Å². The standard InChI is InChI=1S/C16H22N2O/c1-12-7-9-17(10-8-12)16(19)18-13(2)11-14-5-3-4-6-15(14)18/h3-6,12-13H,7-11H2,1-2H3. The van der Waals surface area contributed by atoms with Crippen molar-refractivity contribution in [2.24, 2.45) is 5.92 Å². The van der Waals surface area contributed by atoms with Crippen molar-refractivity contribution in [2.75, 3.05) is 18.0 Å². The number of benzene rings is 1. The van der Waals surface area contributed by atoms with E-state index in [2.05, 4.69) is 32.0 Å². The highest BCUT2D eigenvalue weighted by Gasteiger charge is 2.34. The molecule has 19 heavy (non-hydrogen) atoms. The van der Waals surface area contributed by atoms with Gasteiger partial charge in [0.1, 0.15) is 0 Å². The number of carbonyl (C=O) groups excluding carboxylic acids is 1. The number of piperidine rings is 1. The number of anilines is 1. The fourth-order valence-corrected chi connectivity index (χ4v) is 3.21. The van der Waals surface area contributed by atoms with Crippen LogP contribution in [0.2, 0.25) is 0 Å². The second-order valence-corrected chi connectivity index (χ2v) is 6.00. The molecule has 2 aliphatic rings. The highest BCUT2D eigenvalue weighted by atomic mass is 16.2. The van der Waals surface area contributed by atoms with Crippen molar-refractivity contribution in [3.8, 4) is 0 Å². The Morgan fingerprint density at radius 3 is 2.58 bits per heavy atom. The van der Waals surface area contributed by atoms with Gasteiger partial charge >= 0.3 is 6.03 Å². The topological polar surface area (TPSA) is 23.6 Å². The molecule has 0 N–H and O–H groups in total. The van der Waals surface area contributed by atoms with Crippen LogP contribution >= 0.6 is 0 Å². The second kappa shape index (κ2) is 4.87. The lowest BCUT2D eigenvalue weighted by molar-refractivity contribution is 0.179. The van der Waals surface area contributed by atoms with Gasteiger partial charge in [0.05, 0.1) is 0 Å². The van der Waals surface area contributed by atoms with Crippen LogP contribution in [0.4, 0.5) is 10.5 Å². The molecule has 1 unspecified atom stereocenters. The number of nitrogens with zero attached hydrogens (tertiary/aromatic N) is 2. The summed E-state index contributed by atoms with van der Waals surface area (Å²) in [5, 5.41) is 0. The third-order valence-electron chi connectivity index (χ3n) is 4.47. The largest absolute Gasteiger partial charge is 0.324 e. The third-order valence-corrected chi connectivity index (χ3v) is 4.47. The van der Waals surface area contributed by atoms with E-state index in [4.69, 9.17) is 0 Å². The minimum Gasteiger partial charge on any atom is -0.324 e.